The van der Waals surface area contributed by atoms with E-state index in [4.69, 9.17) is 32.7 Å². The molecule has 0 radical (unpaired) electrons. The lowest BCUT2D eigenvalue weighted by atomic mass is 9.92. The number of para-hydroxylation sites is 1. The Labute approximate surface area is 235 Å². The summed E-state index contributed by atoms with van der Waals surface area (Å²) in [7, 11) is 2.78. The third-order valence-electron chi connectivity index (χ3n) is 7.22. The predicted molar refractivity (Wildman–Crippen MR) is 153 cm³/mol. The molecule has 200 valence electrons. The number of aliphatic hydroxyl groups excluding tert-OH is 1. The van der Waals surface area contributed by atoms with Gasteiger partial charge >= 0.3 is 0 Å². The molecule has 1 unspecified atom stereocenters. The SMILES string of the molecule is COc1c(Cl)cc(/C(O)=C2\C(=O)C(=O)N(c3ccc(C)c(C)c3)C2c2c(C)[nH]c3ccccc23)c(OC)c1Cl. The van der Waals surface area contributed by atoms with Crippen molar-refractivity contribution in [1.82, 2.24) is 4.98 Å². The van der Waals surface area contributed by atoms with Crippen molar-refractivity contribution in [3.8, 4) is 11.5 Å². The second-order valence-electron chi connectivity index (χ2n) is 9.43. The number of Topliss-reactive ketones (excluding diaryl/α,β-unsaturated/α-hetero) is 1. The minimum Gasteiger partial charge on any atom is -0.507 e. The first kappa shape index (κ1) is 26.7. The molecule has 3 aromatic carbocycles. The van der Waals surface area contributed by atoms with Gasteiger partial charge in [-0.25, -0.2) is 0 Å². The monoisotopic (exact) mass is 564 g/mol. The van der Waals surface area contributed by atoms with E-state index in [0.717, 1.165) is 27.7 Å². The summed E-state index contributed by atoms with van der Waals surface area (Å²) in [4.78, 5) is 32.2. The average molecular weight is 565 g/mol. The Morgan fingerprint density at radius 3 is 2.31 bits per heavy atom. The molecule has 0 saturated carbocycles. The van der Waals surface area contributed by atoms with E-state index in [1.54, 1.807) is 6.07 Å². The molecule has 0 bridgehead atoms. The Hall–Kier alpha value is -3.94. The van der Waals surface area contributed by atoms with E-state index >= 15 is 0 Å². The maximum absolute atomic E-state index is 13.8. The van der Waals surface area contributed by atoms with Crippen LogP contribution in [0.4, 0.5) is 5.69 Å². The third-order valence-corrected chi connectivity index (χ3v) is 7.85. The lowest BCUT2D eigenvalue weighted by molar-refractivity contribution is -0.132. The maximum Gasteiger partial charge on any atom is 0.300 e. The molecule has 1 aromatic heterocycles. The molecule has 0 aliphatic carbocycles. The van der Waals surface area contributed by atoms with Gasteiger partial charge in [0, 0.05) is 27.8 Å². The van der Waals surface area contributed by atoms with Gasteiger partial charge in [-0.05, 0) is 56.2 Å². The van der Waals surface area contributed by atoms with Crippen LogP contribution in [0.1, 0.15) is 34.0 Å². The minimum absolute atomic E-state index is 0.0252. The number of nitrogens with one attached hydrogen (secondary N) is 1. The van der Waals surface area contributed by atoms with Gasteiger partial charge in [-0.2, -0.15) is 0 Å². The highest BCUT2D eigenvalue weighted by molar-refractivity contribution is 6.52. The lowest BCUT2D eigenvalue weighted by Crippen LogP contribution is -2.29. The topological polar surface area (TPSA) is 91.9 Å². The molecule has 9 heteroatoms. The molecule has 4 aromatic rings. The Balaban J connectivity index is 1.86. The number of hydrogen-bond acceptors (Lipinski definition) is 5. The van der Waals surface area contributed by atoms with Crippen molar-refractivity contribution in [2.75, 3.05) is 19.1 Å². The fourth-order valence-electron chi connectivity index (χ4n) is 5.19. The molecule has 5 rings (SSSR count). The summed E-state index contributed by atoms with van der Waals surface area (Å²) in [6.45, 7) is 5.78. The number of aromatic nitrogens is 1. The first-order valence-corrected chi connectivity index (χ1v) is 12.9. The number of benzene rings is 3. The number of aliphatic hydroxyl groups is 1. The van der Waals surface area contributed by atoms with Gasteiger partial charge in [0.2, 0.25) is 0 Å². The number of H-pyrrole nitrogens is 1. The summed E-state index contributed by atoms with van der Waals surface area (Å²) in [5.74, 6) is -1.85. The van der Waals surface area contributed by atoms with Crippen molar-refractivity contribution in [2.45, 2.75) is 26.8 Å². The van der Waals surface area contributed by atoms with E-state index in [2.05, 4.69) is 4.98 Å². The maximum atomic E-state index is 13.8. The predicted octanol–water partition coefficient (Wildman–Crippen LogP) is 7.04. The van der Waals surface area contributed by atoms with Gasteiger partial charge < -0.3 is 19.6 Å². The number of aryl methyl sites for hydroxylation is 3. The van der Waals surface area contributed by atoms with E-state index in [-0.39, 0.29) is 32.7 Å². The molecule has 1 aliphatic heterocycles. The fourth-order valence-corrected chi connectivity index (χ4v) is 5.88. The van der Waals surface area contributed by atoms with Gasteiger partial charge in [0.05, 0.1) is 36.4 Å². The van der Waals surface area contributed by atoms with Crippen LogP contribution in [-0.2, 0) is 9.59 Å². The highest BCUT2D eigenvalue weighted by Crippen LogP contribution is 2.49. The number of anilines is 1. The summed E-state index contributed by atoms with van der Waals surface area (Å²) in [5.41, 5.74) is 4.77. The lowest BCUT2D eigenvalue weighted by Gasteiger charge is -2.26. The van der Waals surface area contributed by atoms with Crippen LogP contribution in [0.5, 0.6) is 11.5 Å². The second-order valence-corrected chi connectivity index (χ2v) is 10.2. The number of nitrogens with zero attached hydrogens (tertiary/aromatic N) is 1. The zero-order valence-corrected chi connectivity index (χ0v) is 23.5. The standard InChI is InChI=1S/C30H26Cl2N2O5/c1-14-10-11-17(12-15(14)2)34-25(22-16(3)33-21-9-7-6-8-18(21)22)23(27(36)30(34)37)26(35)19-13-20(31)29(39-5)24(32)28(19)38-4/h6-13,25,33,35H,1-5H3/b26-23+. The van der Waals surface area contributed by atoms with Gasteiger partial charge in [-0.3, -0.25) is 14.5 Å². The molecule has 2 heterocycles. The van der Waals surface area contributed by atoms with E-state index < -0.39 is 23.5 Å². The van der Waals surface area contributed by atoms with Gasteiger partial charge in [0.25, 0.3) is 11.7 Å². The summed E-state index contributed by atoms with van der Waals surface area (Å²) in [6.07, 6.45) is 0. The largest absolute Gasteiger partial charge is 0.507 e. The summed E-state index contributed by atoms with van der Waals surface area (Å²) < 4.78 is 10.8. The Morgan fingerprint density at radius 1 is 0.949 bits per heavy atom. The number of ether oxygens (including phenoxy) is 2. The third kappa shape index (κ3) is 4.13. The van der Waals surface area contributed by atoms with Gasteiger partial charge in [0.15, 0.2) is 11.5 Å². The Bertz CT molecular complexity index is 1710. The molecule has 1 fully saturated rings. The van der Waals surface area contributed by atoms with Crippen LogP contribution in [0.3, 0.4) is 0 Å². The fraction of sp³-hybridized carbons (Fsp3) is 0.200. The zero-order chi connectivity index (χ0) is 28.2. The minimum atomic E-state index is -0.951. The van der Waals surface area contributed by atoms with Crippen LogP contribution < -0.4 is 14.4 Å². The van der Waals surface area contributed by atoms with Crippen LogP contribution in [0.15, 0.2) is 54.1 Å². The quantitative estimate of drug-likeness (QED) is 0.154. The second kappa shape index (κ2) is 9.98. The van der Waals surface area contributed by atoms with Crippen molar-refractivity contribution in [1.29, 1.82) is 0 Å². The number of rotatable bonds is 5. The molecule has 0 spiro atoms. The number of halogens is 2. The van der Waals surface area contributed by atoms with Crippen molar-refractivity contribution < 1.29 is 24.2 Å². The number of fused-ring (bicyclic) bond motifs is 1. The molecule has 7 nitrogen and oxygen atoms in total. The number of amides is 1. The molecular weight excluding hydrogens is 539 g/mol. The normalized spacial score (nSPS) is 16.8. The van der Waals surface area contributed by atoms with Crippen LogP contribution in [-0.4, -0.2) is 36.0 Å². The highest BCUT2D eigenvalue weighted by Gasteiger charge is 2.48. The van der Waals surface area contributed by atoms with Crippen LogP contribution in [0.25, 0.3) is 16.7 Å². The number of methoxy groups -OCH3 is 2. The molecule has 1 aliphatic rings. The molecule has 1 amide bonds. The van der Waals surface area contributed by atoms with Gasteiger partial charge in [-0.15, -0.1) is 0 Å². The van der Waals surface area contributed by atoms with Crippen molar-refractivity contribution in [3.63, 3.8) is 0 Å². The average Bonchev–Trinajstić information content (AvgIpc) is 3.37. The van der Waals surface area contributed by atoms with Crippen molar-refractivity contribution in [2.24, 2.45) is 0 Å². The highest BCUT2D eigenvalue weighted by atomic mass is 35.5. The molecule has 39 heavy (non-hydrogen) atoms. The summed E-state index contributed by atoms with van der Waals surface area (Å²) in [5, 5.41) is 12.7. The molecule has 1 saturated heterocycles. The number of carbonyl (C=O) groups is 2. The summed E-state index contributed by atoms with van der Waals surface area (Å²) >= 11 is 12.9. The molecular formula is C30H26Cl2N2O5. The summed E-state index contributed by atoms with van der Waals surface area (Å²) in [6, 6.07) is 13.6. The van der Waals surface area contributed by atoms with E-state index in [0.29, 0.717) is 11.3 Å². The van der Waals surface area contributed by atoms with Crippen LogP contribution >= 0.6 is 23.2 Å². The first-order chi connectivity index (χ1) is 18.6. The van der Waals surface area contributed by atoms with Gasteiger partial charge in [0.1, 0.15) is 10.8 Å². The van der Waals surface area contributed by atoms with Crippen molar-refractivity contribution in [3.05, 3.63) is 92.1 Å². The van der Waals surface area contributed by atoms with Crippen LogP contribution in [0, 0.1) is 20.8 Å². The van der Waals surface area contributed by atoms with Gasteiger partial charge in [-0.1, -0.05) is 47.5 Å². The first-order valence-electron chi connectivity index (χ1n) is 12.2. The zero-order valence-electron chi connectivity index (χ0n) is 22.0. The Morgan fingerprint density at radius 2 is 1.64 bits per heavy atom. The molecule has 1 atom stereocenters. The molecule has 2 N–H and O–H groups in total. The van der Waals surface area contributed by atoms with E-state index in [1.807, 2.05) is 57.2 Å². The number of aromatic amines is 1. The Kier molecular flexibility index (Phi) is 6.83. The van der Waals surface area contributed by atoms with E-state index in [9.17, 15) is 14.7 Å². The number of hydrogen-bond donors (Lipinski definition) is 2. The van der Waals surface area contributed by atoms with Crippen molar-refractivity contribution >= 4 is 57.2 Å². The van der Waals surface area contributed by atoms with E-state index in [1.165, 1.54) is 25.2 Å². The smallest absolute Gasteiger partial charge is 0.300 e. The number of carbonyl (C=O) groups excluding carboxylic acids is 2. The number of ketones is 1. The van der Waals surface area contributed by atoms with Crippen LogP contribution in [0.2, 0.25) is 10.0 Å².